The summed E-state index contributed by atoms with van der Waals surface area (Å²) in [4.78, 5) is 7.12. The maximum Gasteiger partial charge on any atom is 0.228 e. The molecule has 1 aromatic carbocycles. The predicted molar refractivity (Wildman–Crippen MR) is 117 cm³/mol. The Morgan fingerprint density at radius 2 is 1.93 bits per heavy atom. The summed E-state index contributed by atoms with van der Waals surface area (Å²) in [6, 6.07) is 8.71. The normalized spacial score (nSPS) is 16.5. The third-order valence-corrected chi connectivity index (χ3v) is 7.13. The number of thioether (sulfide) groups is 1. The fraction of sp³-hybridized carbons (Fsp3) is 0.476. The number of rotatable bonds is 8. The minimum Gasteiger partial charge on any atom is -0.486 e. The fourth-order valence-electron chi connectivity index (χ4n) is 3.55. The Labute approximate surface area is 179 Å². The first-order valence-corrected chi connectivity index (χ1v) is 12.1. The second kappa shape index (κ2) is 8.36. The zero-order valence-corrected chi connectivity index (χ0v) is 18.2. The Morgan fingerprint density at radius 1 is 1.14 bits per heavy atom. The van der Waals surface area contributed by atoms with Crippen LogP contribution in [0.5, 0.6) is 5.75 Å². The van der Waals surface area contributed by atoms with E-state index in [1.807, 2.05) is 12.1 Å². The number of anilines is 1. The zero-order chi connectivity index (χ0) is 19.6. The van der Waals surface area contributed by atoms with E-state index in [0.717, 1.165) is 46.4 Å². The summed E-state index contributed by atoms with van der Waals surface area (Å²) in [7, 11) is 0. The van der Waals surface area contributed by atoms with Gasteiger partial charge in [-0.2, -0.15) is 0 Å². The van der Waals surface area contributed by atoms with Crippen molar-refractivity contribution in [3.05, 3.63) is 45.9 Å². The molecule has 1 saturated carbocycles. The lowest BCUT2D eigenvalue weighted by atomic mass is 10.2. The van der Waals surface area contributed by atoms with Gasteiger partial charge < -0.3 is 9.64 Å². The van der Waals surface area contributed by atoms with Gasteiger partial charge in [0.1, 0.15) is 17.4 Å². The molecule has 0 unspecified atom stereocenters. The second-order valence-electron chi connectivity index (χ2n) is 7.70. The van der Waals surface area contributed by atoms with Crippen LogP contribution < -0.4 is 9.64 Å². The molecule has 2 aromatic heterocycles. The molecule has 3 heterocycles. The zero-order valence-electron chi connectivity index (χ0n) is 16.6. The summed E-state index contributed by atoms with van der Waals surface area (Å²) >= 11 is 3.40. The Bertz CT molecular complexity index is 958. The highest BCUT2D eigenvalue weighted by molar-refractivity contribution is 7.98. The van der Waals surface area contributed by atoms with Crippen LogP contribution in [0.2, 0.25) is 0 Å². The van der Waals surface area contributed by atoms with E-state index in [9.17, 15) is 0 Å². The number of nitrogens with zero attached hydrogens (tertiary/aromatic N) is 5. The van der Waals surface area contributed by atoms with Gasteiger partial charge in [0.05, 0.1) is 5.69 Å². The standard InChI is InChI=1S/C21H25N5OS2/c1-15-4-8-18(9-5-15)27-12-19-22-16(13-28-19)14-29-21-24-23-20(25-10-2-3-11-25)26(21)17-6-7-17/h4-5,8-9,13,17H,2-3,6-7,10-12,14H2,1H3. The van der Waals surface area contributed by atoms with Crippen LogP contribution in [0.15, 0.2) is 34.8 Å². The van der Waals surface area contributed by atoms with Gasteiger partial charge in [-0.25, -0.2) is 4.98 Å². The second-order valence-corrected chi connectivity index (χ2v) is 9.59. The van der Waals surface area contributed by atoms with Gasteiger partial charge >= 0.3 is 0 Å². The summed E-state index contributed by atoms with van der Waals surface area (Å²) in [6.07, 6.45) is 4.99. The van der Waals surface area contributed by atoms with Crippen LogP contribution in [0.25, 0.3) is 0 Å². The van der Waals surface area contributed by atoms with Gasteiger partial charge in [0.2, 0.25) is 5.95 Å². The van der Waals surface area contributed by atoms with E-state index >= 15 is 0 Å². The van der Waals surface area contributed by atoms with Crippen LogP contribution in [-0.4, -0.2) is 32.8 Å². The maximum atomic E-state index is 5.85. The molecule has 0 N–H and O–H groups in total. The number of aromatic nitrogens is 4. The molecule has 152 valence electrons. The van der Waals surface area contributed by atoms with E-state index in [-0.39, 0.29) is 0 Å². The molecule has 3 aromatic rings. The molecule has 5 rings (SSSR count). The molecule has 0 amide bonds. The van der Waals surface area contributed by atoms with Crippen LogP contribution in [0.1, 0.15) is 48.0 Å². The van der Waals surface area contributed by atoms with Gasteiger partial charge in [-0.05, 0) is 44.7 Å². The van der Waals surface area contributed by atoms with Crippen molar-refractivity contribution in [1.82, 2.24) is 19.7 Å². The van der Waals surface area contributed by atoms with Gasteiger partial charge in [-0.3, -0.25) is 4.57 Å². The van der Waals surface area contributed by atoms with E-state index in [1.165, 1.54) is 31.2 Å². The van der Waals surface area contributed by atoms with Crippen molar-refractivity contribution >= 4 is 29.0 Å². The summed E-state index contributed by atoms with van der Waals surface area (Å²) in [5.74, 6) is 2.76. The topological polar surface area (TPSA) is 56.1 Å². The van der Waals surface area contributed by atoms with Gasteiger partial charge in [0.25, 0.3) is 0 Å². The van der Waals surface area contributed by atoms with E-state index in [4.69, 9.17) is 9.72 Å². The largest absolute Gasteiger partial charge is 0.486 e. The Morgan fingerprint density at radius 3 is 2.69 bits per heavy atom. The molecule has 0 bridgehead atoms. The molecule has 2 fully saturated rings. The number of ether oxygens (including phenoxy) is 1. The number of benzene rings is 1. The summed E-state index contributed by atoms with van der Waals surface area (Å²) in [5.41, 5.74) is 2.31. The Hall–Kier alpha value is -2.06. The van der Waals surface area contributed by atoms with Gasteiger partial charge in [0, 0.05) is 30.3 Å². The summed E-state index contributed by atoms with van der Waals surface area (Å²) in [6.45, 7) is 4.79. The van der Waals surface area contributed by atoms with Gasteiger partial charge in [0.15, 0.2) is 5.16 Å². The van der Waals surface area contributed by atoms with Crippen LogP contribution in [0, 0.1) is 6.92 Å². The lowest BCUT2D eigenvalue weighted by molar-refractivity contribution is 0.305. The van der Waals surface area contributed by atoms with E-state index in [0.29, 0.717) is 12.6 Å². The predicted octanol–water partition coefficient (Wildman–Crippen LogP) is 4.85. The monoisotopic (exact) mass is 427 g/mol. The molecule has 1 aliphatic carbocycles. The molecule has 6 nitrogen and oxygen atoms in total. The van der Waals surface area contributed by atoms with Crippen molar-refractivity contribution in [2.75, 3.05) is 18.0 Å². The lowest BCUT2D eigenvalue weighted by Gasteiger charge is -2.17. The number of thiazole rings is 1. The minimum atomic E-state index is 0.510. The van der Waals surface area contributed by atoms with Crippen molar-refractivity contribution in [3.8, 4) is 5.75 Å². The first-order valence-electron chi connectivity index (χ1n) is 10.2. The van der Waals surface area contributed by atoms with Crippen molar-refractivity contribution in [3.63, 3.8) is 0 Å². The van der Waals surface area contributed by atoms with Crippen LogP contribution in [-0.2, 0) is 12.4 Å². The average Bonchev–Trinajstić information content (AvgIpc) is 3.14. The molecule has 0 atom stereocenters. The third-order valence-electron chi connectivity index (χ3n) is 5.28. The first kappa shape index (κ1) is 18.9. The highest BCUT2D eigenvalue weighted by atomic mass is 32.2. The Balaban J connectivity index is 1.20. The highest BCUT2D eigenvalue weighted by Crippen LogP contribution is 2.41. The molecule has 0 spiro atoms. The molecule has 2 aliphatic rings. The van der Waals surface area contributed by atoms with Crippen LogP contribution in [0.3, 0.4) is 0 Å². The Kier molecular flexibility index (Phi) is 5.46. The van der Waals surface area contributed by atoms with E-state index in [2.05, 4.69) is 44.1 Å². The summed E-state index contributed by atoms with van der Waals surface area (Å²) in [5, 5.41) is 13.2. The van der Waals surface area contributed by atoms with Crippen LogP contribution >= 0.6 is 23.1 Å². The highest BCUT2D eigenvalue weighted by Gasteiger charge is 2.32. The number of aryl methyl sites for hydroxylation is 1. The van der Waals surface area contributed by atoms with Crippen molar-refractivity contribution in [2.24, 2.45) is 0 Å². The number of hydrogen-bond acceptors (Lipinski definition) is 7. The fourth-order valence-corrected chi connectivity index (χ4v) is 5.26. The molecule has 1 saturated heterocycles. The van der Waals surface area contributed by atoms with Crippen molar-refractivity contribution < 1.29 is 4.74 Å². The van der Waals surface area contributed by atoms with Gasteiger partial charge in [-0.1, -0.05) is 29.5 Å². The molecular weight excluding hydrogens is 402 g/mol. The lowest BCUT2D eigenvalue weighted by Crippen LogP contribution is -2.22. The smallest absolute Gasteiger partial charge is 0.228 e. The molecule has 29 heavy (non-hydrogen) atoms. The SMILES string of the molecule is Cc1ccc(OCc2nc(CSc3nnc(N4CCCC4)n3C3CC3)cs2)cc1. The van der Waals surface area contributed by atoms with Crippen LogP contribution in [0.4, 0.5) is 5.95 Å². The molecule has 8 heteroatoms. The van der Waals surface area contributed by atoms with E-state index < -0.39 is 0 Å². The third kappa shape index (κ3) is 4.43. The van der Waals surface area contributed by atoms with Crippen molar-refractivity contribution in [2.45, 2.75) is 56.2 Å². The first-order chi connectivity index (χ1) is 14.3. The molecule has 0 radical (unpaired) electrons. The summed E-state index contributed by atoms with van der Waals surface area (Å²) < 4.78 is 8.22. The molecular formula is C21H25N5OS2. The van der Waals surface area contributed by atoms with Gasteiger partial charge in [-0.15, -0.1) is 21.5 Å². The maximum absolute atomic E-state index is 5.85. The average molecular weight is 428 g/mol. The number of hydrogen-bond donors (Lipinski definition) is 0. The molecule has 1 aliphatic heterocycles. The minimum absolute atomic E-state index is 0.510. The quantitative estimate of drug-likeness (QED) is 0.479. The van der Waals surface area contributed by atoms with Crippen molar-refractivity contribution in [1.29, 1.82) is 0 Å². The van der Waals surface area contributed by atoms with E-state index in [1.54, 1.807) is 23.1 Å².